The van der Waals surface area contributed by atoms with Crippen LogP contribution in [0.25, 0.3) is 0 Å². The molecule has 1 aliphatic rings. The summed E-state index contributed by atoms with van der Waals surface area (Å²) in [7, 11) is -0.867. The Hall–Kier alpha value is -1.95. The van der Waals surface area contributed by atoms with Crippen molar-refractivity contribution in [2.45, 2.75) is 30.8 Å². The van der Waals surface area contributed by atoms with E-state index in [9.17, 15) is 9.00 Å². The molecule has 5 nitrogen and oxygen atoms in total. The molecule has 23 heavy (non-hydrogen) atoms. The predicted octanol–water partition coefficient (Wildman–Crippen LogP) is 1.98. The molecule has 2 atom stereocenters. The zero-order valence-corrected chi connectivity index (χ0v) is 14.2. The Morgan fingerprint density at radius 2 is 1.91 bits per heavy atom. The Labute approximate surface area is 138 Å². The largest absolute Gasteiger partial charge is 0.335 e. The van der Waals surface area contributed by atoms with E-state index in [1.54, 1.807) is 4.90 Å². The van der Waals surface area contributed by atoms with Gasteiger partial charge in [-0.25, -0.2) is 0 Å². The Morgan fingerprint density at radius 3 is 2.57 bits per heavy atom. The maximum atomic E-state index is 12.6. The Balaban J connectivity index is 1.70. The molecule has 0 bridgehead atoms. The maximum absolute atomic E-state index is 12.6. The minimum Gasteiger partial charge on any atom is -0.335 e. The van der Waals surface area contributed by atoms with Gasteiger partial charge in [0.25, 0.3) is 5.91 Å². The molecule has 122 valence electrons. The van der Waals surface area contributed by atoms with Crippen LogP contribution in [0.3, 0.4) is 0 Å². The monoisotopic (exact) mass is 331 g/mol. The number of benzene rings is 1. The van der Waals surface area contributed by atoms with Gasteiger partial charge in [-0.05, 0) is 25.5 Å². The van der Waals surface area contributed by atoms with Crippen molar-refractivity contribution in [3.63, 3.8) is 0 Å². The van der Waals surface area contributed by atoms with E-state index in [-0.39, 0.29) is 16.4 Å². The molecule has 0 aliphatic carbocycles. The van der Waals surface area contributed by atoms with E-state index in [1.807, 2.05) is 50.2 Å². The van der Waals surface area contributed by atoms with E-state index in [0.29, 0.717) is 18.8 Å². The smallest absolute Gasteiger partial charge is 0.274 e. The molecule has 1 N–H and O–H groups in total. The number of carbonyl (C=O) groups excluding carboxylic acids is 1. The number of aromatic nitrogens is 2. The quantitative estimate of drug-likeness (QED) is 0.935. The molecule has 2 aromatic rings. The standard InChI is InChI=1S/C17H21N3O2S/c1-12-10-20(11-13(2)23(12)22)17(21)16-9-15(18-19-16)8-14-6-4-3-5-7-14/h3-7,9,12-13H,8,10-11H2,1-2H3,(H,18,19)/t12-,13-/m0/s1. The number of carbonyl (C=O) groups is 1. The van der Waals surface area contributed by atoms with Crippen LogP contribution in [0.15, 0.2) is 36.4 Å². The van der Waals surface area contributed by atoms with Crippen LogP contribution in [0.5, 0.6) is 0 Å². The van der Waals surface area contributed by atoms with Gasteiger partial charge in [-0.15, -0.1) is 0 Å². The molecule has 0 saturated carbocycles. The summed E-state index contributed by atoms with van der Waals surface area (Å²) in [5.74, 6) is -0.0871. The van der Waals surface area contributed by atoms with Gasteiger partial charge < -0.3 is 4.90 Å². The number of H-pyrrole nitrogens is 1. The lowest BCUT2D eigenvalue weighted by Gasteiger charge is -2.33. The van der Waals surface area contributed by atoms with Crippen LogP contribution < -0.4 is 0 Å². The van der Waals surface area contributed by atoms with E-state index in [0.717, 1.165) is 12.1 Å². The number of hydrogen-bond donors (Lipinski definition) is 1. The molecule has 1 aliphatic heterocycles. The summed E-state index contributed by atoms with van der Waals surface area (Å²) in [4.78, 5) is 14.4. The topological polar surface area (TPSA) is 66.1 Å². The van der Waals surface area contributed by atoms with Crippen molar-refractivity contribution in [3.8, 4) is 0 Å². The van der Waals surface area contributed by atoms with E-state index in [2.05, 4.69) is 10.2 Å². The summed E-state index contributed by atoms with van der Waals surface area (Å²) in [5.41, 5.74) is 2.52. The Morgan fingerprint density at radius 1 is 1.26 bits per heavy atom. The first kappa shape index (κ1) is 15.9. The van der Waals surface area contributed by atoms with Gasteiger partial charge in [0.1, 0.15) is 5.69 Å². The summed E-state index contributed by atoms with van der Waals surface area (Å²) in [6, 6.07) is 11.9. The van der Waals surface area contributed by atoms with Crippen molar-refractivity contribution in [2.24, 2.45) is 0 Å². The third kappa shape index (κ3) is 3.52. The summed E-state index contributed by atoms with van der Waals surface area (Å²) in [5, 5.41) is 7.12. The van der Waals surface area contributed by atoms with Gasteiger partial charge in [0, 0.05) is 46.5 Å². The molecular weight excluding hydrogens is 310 g/mol. The zero-order chi connectivity index (χ0) is 16.4. The second-order valence-corrected chi connectivity index (χ2v) is 8.37. The third-order valence-corrected chi connectivity index (χ3v) is 6.01. The van der Waals surface area contributed by atoms with Gasteiger partial charge in [-0.2, -0.15) is 5.10 Å². The Bertz CT molecular complexity index is 700. The van der Waals surface area contributed by atoms with Gasteiger partial charge in [-0.3, -0.25) is 14.1 Å². The van der Waals surface area contributed by atoms with Crippen LogP contribution in [0, 0.1) is 0 Å². The van der Waals surface area contributed by atoms with Crippen LogP contribution in [-0.4, -0.2) is 48.8 Å². The lowest BCUT2D eigenvalue weighted by atomic mass is 10.1. The lowest BCUT2D eigenvalue weighted by Crippen LogP contribution is -2.49. The van der Waals surface area contributed by atoms with Gasteiger partial charge in [-0.1, -0.05) is 30.3 Å². The molecule has 0 unspecified atom stereocenters. The van der Waals surface area contributed by atoms with Crippen LogP contribution in [0.4, 0.5) is 0 Å². The number of nitrogens with zero attached hydrogens (tertiary/aromatic N) is 2. The minimum atomic E-state index is -0.867. The van der Waals surface area contributed by atoms with Crippen molar-refractivity contribution < 1.29 is 9.00 Å². The molecule has 1 aromatic carbocycles. The Kier molecular flexibility index (Phi) is 4.61. The second-order valence-electron chi connectivity index (χ2n) is 6.10. The van der Waals surface area contributed by atoms with E-state index in [4.69, 9.17) is 0 Å². The molecule has 1 fully saturated rings. The molecular formula is C17H21N3O2S. The average molecular weight is 331 g/mol. The molecule has 0 spiro atoms. The van der Waals surface area contributed by atoms with E-state index < -0.39 is 10.8 Å². The van der Waals surface area contributed by atoms with Gasteiger partial charge in [0.2, 0.25) is 0 Å². The number of hydrogen-bond acceptors (Lipinski definition) is 3. The number of nitrogens with one attached hydrogen (secondary N) is 1. The zero-order valence-electron chi connectivity index (χ0n) is 13.4. The molecule has 1 aromatic heterocycles. The van der Waals surface area contributed by atoms with Crippen LogP contribution in [0.2, 0.25) is 0 Å². The summed E-state index contributed by atoms with van der Waals surface area (Å²) >= 11 is 0. The highest BCUT2D eigenvalue weighted by Gasteiger charge is 2.32. The molecule has 6 heteroatoms. The van der Waals surface area contributed by atoms with Gasteiger partial charge >= 0.3 is 0 Å². The average Bonchev–Trinajstić information content (AvgIpc) is 3.01. The van der Waals surface area contributed by atoms with E-state index >= 15 is 0 Å². The van der Waals surface area contributed by atoms with Gasteiger partial charge in [0.05, 0.1) is 0 Å². The highest BCUT2D eigenvalue weighted by atomic mass is 32.2. The molecule has 3 rings (SSSR count). The number of aromatic amines is 1. The normalized spacial score (nSPS) is 22.3. The number of rotatable bonds is 3. The van der Waals surface area contributed by atoms with Crippen molar-refractivity contribution in [3.05, 3.63) is 53.3 Å². The number of amides is 1. The van der Waals surface area contributed by atoms with Crippen LogP contribution >= 0.6 is 0 Å². The highest BCUT2D eigenvalue weighted by Crippen LogP contribution is 2.17. The lowest BCUT2D eigenvalue weighted by molar-refractivity contribution is 0.0745. The van der Waals surface area contributed by atoms with Crippen molar-refractivity contribution >= 4 is 16.7 Å². The summed E-state index contributed by atoms with van der Waals surface area (Å²) in [6.45, 7) is 4.90. The first-order chi connectivity index (χ1) is 11.0. The van der Waals surface area contributed by atoms with Crippen LogP contribution in [0.1, 0.15) is 35.6 Å². The summed E-state index contributed by atoms with van der Waals surface area (Å²) in [6.07, 6.45) is 0.720. The van der Waals surface area contributed by atoms with Crippen molar-refractivity contribution in [2.75, 3.05) is 13.1 Å². The van der Waals surface area contributed by atoms with Gasteiger partial charge in [0.15, 0.2) is 0 Å². The highest BCUT2D eigenvalue weighted by molar-refractivity contribution is 7.86. The summed E-state index contributed by atoms with van der Waals surface area (Å²) < 4.78 is 12.0. The molecule has 1 saturated heterocycles. The predicted molar refractivity (Wildman–Crippen MR) is 90.8 cm³/mol. The maximum Gasteiger partial charge on any atom is 0.274 e. The first-order valence-electron chi connectivity index (χ1n) is 7.81. The fourth-order valence-electron chi connectivity index (χ4n) is 2.94. The fourth-order valence-corrected chi connectivity index (χ4v) is 4.39. The van der Waals surface area contributed by atoms with Crippen molar-refractivity contribution in [1.29, 1.82) is 0 Å². The minimum absolute atomic E-state index is 0.00503. The molecule has 1 amide bonds. The molecule has 2 heterocycles. The second kappa shape index (κ2) is 6.66. The van der Waals surface area contributed by atoms with E-state index in [1.165, 1.54) is 5.56 Å². The molecule has 0 radical (unpaired) electrons. The fraction of sp³-hybridized carbons (Fsp3) is 0.412. The third-order valence-electron chi connectivity index (χ3n) is 4.12. The first-order valence-corrected chi connectivity index (χ1v) is 9.09. The SMILES string of the molecule is C[C@H]1CN(C(=O)c2cc(Cc3ccccc3)[nH]n2)C[C@H](C)S1=O. The van der Waals surface area contributed by atoms with Crippen molar-refractivity contribution in [1.82, 2.24) is 15.1 Å². The van der Waals surface area contributed by atoms with Crippen LogP contribution in [-0.2, 0) is 17.2 Å².